The van der Waals surface area contributed by atoms with Gasteiger partial charge in [0.15, 0.2) is 11.5 Å². The molecule has 1 aromatic heterocycles. The summed E-state index contributed by atoms with van der Waals surface area (Å²) in [6.45, 7) is 11.7. The number of anilines is 1. The number of nitrogens with zero attached hydrogens (tertiary/aromatic N) is 1. The quantitative estimate of drug-likeness (QED) is 0.0716. The third kappa shape index (κ3) is 11.8. The predicted molar refractivity (Wildman–Crippen MR) is 234 cm³/mol. The maximum Gasteiger partial charge on any atom is 0.407 e. The number of nitrogens with one attached hydrogen (secondary N) is 3. The minimum Gasteiger partial charge on any atom is -0.458 e. The summed E-state index contributed by atoms with van der Waals surface area (Å²) in [4.78, 5) is 68.2. The van der Waals surface area contributed by atoms with Crippen molar-refractivity contribution in [2.75, 3.05) is 18.4 Å². The van der Waals surface area contributed by atoms with E-state index < -0.39 is 24.2 Å². The average molecular weight is 837 g/mol. The Morgan fingerprint density at radius 2 is 1.52 bits per heavy atom. The van der Waals surface area contributed by atoms with Gasteiger partial charge in [-0.1, -0.05) is 99.5 Å². The van der Waals surface area contributed by atoms with Gasteiger partial charge in [-0.3, -0.25) is 19.2 Å². The molecule has 0 spiro atoms. The summed E-state index contributed by atoms with van der Waals surface area (Å²) >= 11 is 6.37. The second-order valence-electron chi connectivity index (χ2n) is 15.8. The number of carbonyl (C=O) groups excluding carboxylic acids is 4. The number of quaternary nitrogens is 1. The Balaban J connectivity index is 1.27. The van der Waals surface area contributed by atoms with Crippen LogP contribution in [0.4, 0.5) is 10.5 Å². The Morgan fingerprint density at radius 1 is 0.833 bits per heavy atom. The Morgan fingerprint density at radius 3 is 2.17 bits per heavy atom. The van der Waals surface area contributed by atoms with Crippen molar-refractivity contribution in [1.82, 2.24) is 15.5 Å². The van der Waals surface area contributed by atoms with Crippen molar-refractivity contribution in [2.45, 2.75) is 79.1 Å². The van der Waals surface area contributed by atoms with E-state index in [-0.39, 0.29) is 54.7 Å². The lowest BCUT2D eigenvalue weighted by Gasteiger charge is -2.35. The summed E-state index contributed by atoms with van der Waals surface area (Å²) in [6.07, 6.45) is 0.0294. The minimum atomic E-state index is -0.757. The molecule has 0 saturated heterocycles. The molecule has 1 heterocycles. The fourth-order valence-corrected chi connectivity index (χ4v) is 6.89. The van der Waals surface area contributed by atoms with Crippen LogP contribution in [0.1, 0.15) is 85.5 Å². The summed E-state index contributed by atoms with van der Waals surface area (Å²) in [5.41, 5.74) is 8.09. The van der Waals surface area contributed by atoms with E-state index in [1.165, 1.54) is 0 Å². The maximum absolute atomic E-state index is 14.5. The summed E-state index contributed by atoms with van der Waals surface area (Å²) in [5.74, 6) is -0.664. The molecule has 0 aliphatic heterocycles. The van der Waals surface area contributed by atoms with Crippen LogP contribution in [0.3, 0.4) is 0 Å². The molecule has 0 saturated carbocycles. The molecule has 4 amide bonds. The third-order valence-corrected chi connectivity index (χ3v) is 10.6. The van der Waals surface area contributed by atoms with Gasteiger partial charge in [-0.25, -0.2) is 4.79 Å². The first-order chi connectivity index (χ1) is 28.6. The van der Waals surface area contributed by atoms with Crippen LogP contribution < -0.4 is 27.1 Å². The lowest BCUT2D eigenvalue weighted by molar-refractivity contribution is -0.414. The van der Waals surface area contributed by atoms with Crippen molar-refractivity contribution in [2.24, 2.45) is 11.8 Å². The molecule has 0 fully saturated rings. The van der Waals surface area contributed by atoms with Gasteiger partial charge in [0.1, 0.15) is 24.0 Å². The number of alkyl carbamates (subject to hydrolysis) is 1. The zero-order valence-corrected chi connectivity index (χ0v) is 35.8. The lowest BCUT2D eigenvalue weighted by Crippen LogP contribution is -2.70. The van der Waals surface area contributed by atoms with Gasteiger partial charge >= 0.3 is 6.09 Å². The smallest absolute Gasteiger partial charge is 0.407 e. The van der Waals surface area contributed by atoms with Crippen molar-refractivity contribution in [3.63, 3.8) is 0 Å². The second-order valence-corrected chi connectivity index (χ2v) is 16.2. The summed E-state index contributed by atoms with van der Waals surface area (Å²) in [5, 5.41) is 9.07. The molecular formula is C47H55ClN5O7+. The van der Waals surface area contributed by atoms with Crippen LogP contribution in [0.25, 0.3) is 11.0 Å². The molecule has 3 atom stereocenters. The molecular weight excluding hydrogens is 782 g/mol. The molecule has 60 heavy (non-hydrogen) atoms. The molecule has 6 N–H and O–H groups in total. The summed E-state index contributed by atoms with van der Waals surface area (Å²) in [6, 6.07) is 26.9. The van der Waals surface area contributed by atoms with Crippen LogP contribution in [0.5, 0.6) is 0 Å². The van der Waals surface area contributed by atoms with Gasteiger partial charge < -0.3 is 35.7 Å². The van der Waals surface area contributed by atoms with Crippen LogP contribution in [-0.4, -0.2) is 53.9 Å². The number of ether oxygens (including phenoxy) is 1. The highest BCUT2D eigenvalue weighted by Crippen LogP contribution is 2.35. The first-order valence-corrected chi connectivity index (χ1v) is 20.6. The van der Waals surface area contributed by atoms with Gasteiger partial charge in [0, 0.05) is 53.3 Å². The number of hydrogen-bond acceptors (Lipinski definition) is 7. The predicted octanol–water partition coefficient (Wildman–Crippen LogP) is 7.21. The van der Waals surface area contributed by atoms with E-state index in [9.17, 15) is 24.0 Å². The first kappa shape index (κ1) is 45.1. The monoisotopic (exact) mass is 836 g/mol. The van der Waals surface area contributed by atoms with Crippen LogP contribution in [0.2, 0.25) is 5.02 Å². The molecule has 5 rings (SSSR count). The molecule has 0 unspecified atom stereocenters. The largest absolute Gasteiger partial charge is 0.458 e. The topological polar surface area (TPSA) is 175 Å². The van der Waals surface area contributed by atoms with Gasteiger partial charge in [0.2, 0.25) is 5.91 Å². The van der Waals surface area contributed by atoms with Gasteiger partial charge in [-0.05, 0) is 73.7 Å². The number of aryl methyl sites for hydroxylation is 1. The number of halogens is 1. The van der Waals surface area contributed by atoms with Crippen LogP contribution >= 0.6 is 11.6 Å². The normalized spacial score (nSPS) is 12.8. The van der Waals surface area contributed by atoms with E-state index in [4.69, 9.17) is 20.8 Å². The molecule has 5 aromatic rings. The van der Waals surface area contributed by atoms with Crippen molar-refractivity contribution in [1.29, 1.82) is 0 Å². The van der Waals surface area contributed by atoms with Crippen LogP contribution in [0, 0.1) is 18.8 Å². The number of amides is 4. The molecule has 316 valence electrons. The Labute approximate surface area is 355 Å². The highest BCUT2D eigenvalue weighted by Gasteiger charge is 2.34. The standard InChI is InChI=1S/C47H54ClN5O7/c1-28(2)40(49)45(56)51-31(6)44(55)52-36-20-15-33(16-21-36)27-59-47(58)50-23-10-24-53(46(57)34-17-13-30(5)14-18-34)41(29(3)4)43-38(25-32-11-8-7-9-12-32)42(54)37-22-19-35(48)26-39(37)60-43/h7-9,11-22,26,28-29,31,40-41H,10,23-25,27,49H2,1-6H3,(H,50,58)(H,51,56)(H,52,55)/p+1/t31-,40-,41+/m0/s1. The fourth-order valence-electron chi connectivity index (χ4n) is 6.73. The Kier molecular flexibility index (Phi) is 15.7. The van der Waals surface area contributed by atoms with E-state index in [0.29, 0.717) is 57.0 Å². The third-order valence-electron chi connectivity index (χ3n) is 10.3. The lowest BCUT2D eigenvalue weighted by atomic mass is 9.91. The molecule has 4 aromatic carbocycles. The SMILES string of the molecule is Cc1ccc(C(=O)N(CCCNC(=O)OCc2ccc(NC(=O)[C@H](C)NC(=O)[C@@H]([NH3+])C(C)C)cc2)[C@@H](c2oc3cc(Cl)ccc3c(=O)c2Cc2ccccc2)C(C)C)cc1. The fraction of sp³-hybridized carbons (Fsp3) is 0.340. The average Bonchev–Trinajstić information content (AvgIpc) is 3.22. The van der Waals surface area contributed by atoms with E-state index in [1.54, 1.807) is 66.4 Å². The zero-order valence-electron chi connectivity index (χ0n) is 35.0. The minimum absolute atomic E-state index is 0.0186. The van der Waals surface area contributed by atoms with E-state index in [1.807, 2.05) is 77.1 Å². The molecule has 13 heteroatoms. The van der Waals surface area contributed by atoms with Gasteiger partial charge in [0.25, 0.3) is 11.8 Å². The second kappa shape index (κ2) is 20.8. The highest BCUT2D eigenvalue weighted by atomic mass is 35.5. The Hall–Kier alpha value is -5.98. The molecule has 12 nitrogen and oxygen atoms in total. The molecule has 0 aliphatic rings. The number of rotatable bonds is 17. The first-order valence-electron chi connectivity index (χ1n) is 20.2. The van der Waals surface area contributed by atoms with Gasteiger partial charge in [-0.2, -0.15) is 0 Å². The molecule has 0 bridgehead atoms. The van der Waals surface area contributed by atoms with E-state index in [0.717, 1.165) is 11.1 Å². The van der Waals surface area contributed by atoms with Crippen LogP contribution in [0.15, 0.2) is 106 Å². The van der Waals surface area contributed by atoms with Gasteiger partial charge in [-0.15, -0.1) is 0 Å². The van der Waals surface area contributed by atoms with Crippen molar-refractivity contribution >= 4 is 52.1 Å². The summed E-state index contributed by atoms with van der Waals surface area (Å²) in [7, 11) is 0. The highest BCUT2D eigenvalue weighted by molar-refractivity contribution is 6.31. The number of benzene rings is 4. The molecule has 0 aliphatic carbocycles. The maximum atomic E-state index is 14.5. The Bertz CT molecular complexity index is 2330. The zero-order chi connectivity index (χ0) is 43.5. The van der Waals surface area contributed by atoms with Crippen molar-refractivity contribution in [3.8, 4) is 0 Å². The van der Waals surface area contributed by atoms with Crippen molar-refractivity contribution < 1.29 is 34.1 Å². The molecule has 0 radical (unpaired) electrons. The number of fused-ring (bicyclic) bond motifs is 1. The van der Waals surface area contributed by atoms with E-state index >= 15 is 0 Å². The van der Waals surface area contributed by atoms with Gasteiger partial charge in [0.05, 0.1) is 11.4 Å². The summed E-state index contributed by atoms with van der Waals surface area (Å²) < 4.78 is 12.1. The number of carbonyl (C=O) groups is 4. The van der Waals surface area contributed by atoms with Crippen molar-refractivity contribution in [3.05, 3.63) is 146 Å². The van der Waals surface area contributed by atoms with Crippen LogP contribution in [-0.2, 0) is 27.4 Å². The number of hydrogen-bond donors (Lipinski definition) is 4. The van der Waals surface area contributed by atoms with E-state index in [2.05, 4.69) is 21.7 Å².